The lowest BCUT2D eigenvalue weighted by Crippen LogP contribution is -2.41. The van der Waals surface area contributed by atoms with E-state index in [4.69, 9.17) is 5.26 Å². The quantitative estimate of drug-likeness (QED) is 0.893. The van der Waals surface area contributed by atoms with Gasteiger partial charge in [0.1, 0.15) is 5.54 Å². The fraction of sp³-hybridized carbons (Fsp3) is 0.417. The van der Waals surface area contributed by atoms with Crippen molar-refractivity contribution in [2.45, 2.75) is 38.1 Å². The normalized spacial score (nSPS) is 12.2. The van der Waals surface area contributed by atoms with Gasteiger partial charge in [0.25, 0.3) is 0 Å². The highest BCUT2D eigenvalue weighted by Crippen LogP contribution is 2.16. The number of nitriles is 1. The third-order valence-corrected chi connectivity index (χ3v) is 4.11. The zero-order valence-corrected chi connectivity index (χ0v) is 11.2. The van der Waals surface area contributed by atoms with Gasteiger partial charge >= 0.3 is 0 Å². The Bertz CT molecular complexity index is 569. The molecule has 0 heterocycles. The lowest BCUT2D eigenvalue weighted by molar-refractivity contribution is 0.535. The molecule has 0 atom stereocenters. The number of hydrogen-bond acceptors (Lipinski definition) is 3. The number of aryl methyl sites for hydroxylation is 2. The molecule has 0 saturated carbocycles. The summed E-state index contributed by atoms with van der Waals surface area (Å²) >= 11 is 0. The molecule has 5 heteroatoms. The topological polar surface area (TPSA) is 70.0 Å². The molecule has 0 aromatic heterocycles. The van der Waals surface area contributed by atoms with E-state index in [9.17, 15) is 8.42 Å². The Morgan fingerprint density at radius 1 is 1.24 bits per heavy atom. The molecule has 1 aromatic rings. The standard InChI is InChI=1S/C12H16N2O2S/c1-9-5-6-11(7-10(9)2)17(15,16)14-12(3,4)8-13/h5-7,14H,1-4H3. The molecule has 0 bridgehead atoms. The van der Waals surface area contributed by atoms with E-state index in [1.54, 1.807) is 12.1 Å². The second-order valence-electron chi connectivity index (χ2n) is 4.59. The first-order valence-corrected chi connectivity index (χ1v) is 6.69. The van der Waals surface area contributed by atoms with Gasteiger partial charge in [-0.25, -0.2) is 8.42 Å². The first kappa shape index (κ1) is 13.7. The zero-order chi connectivity index (χ0) is 13.3. The van der Waals surface area contributed by atoms with Crippen molar-refractivity contribution in [1.29, 1.82) is 5.26 Å². The highest BCUT2D eigenvalue weighted by molar-refractivity contribution is 7.89. The summed E-state index contributed by atoms with van der Waals surface area (Å²) in [6.07, 6.45) is 0. The number of nitrogens with zero attached hydrogens (tertiary/aromatic N) is 1. The SMILES string of the molecule is Cc1ccc(S(=O)(=O)NC(C)(C)C#N)cc1C. The average molecular weight is 252 g/mol. The Balaban J connectivity index is 3.16. The zero-order valence-electron chi connectivity index (χ0n) is 10.4. The van der Waals surface area contributed by atoms with Crippen molar-refractivity contribution in [2.24, 2.45) is 0 Å². The van der Waals surface area contributed by atoms with Gasteiger partial charge in [0, 0.05) is 0 Å². The minimum Gasteiger partial charge on any atom is -0.207 e. The molecule has 17 heavy (non-hydrogen) atoms. The molecule has 0 aliphatic carbocycles. The average Bonchev–Trinajstić information content (AvgIpc) is 2.20. The fourth-order valence-corrected chi connectivity index (χ4v) is 2.71. The fourth-order valence-electron chi connectivity index (χ4n) is 1.30. The second-order valence-corrected chi connectivity index (χ2v) is 6.27. The molecule has 0 spiro atoms. The summed E-state index contributed by atoms with van der Waals surface area (Å²) < 4.78 is 26.4. The van der Waals surface area contributed by atoms with E-state index in [0.717, 1.165) is 11.1 Å². The maximum absolute atomic E-state index is 12.0. The maximum atomic E-state index is 12.0. The molecule has 0 aliphatic heterocycles. The van der Waals surface area contributed by atoms with Gasteiger partial charge in [-0.15, -0.1) is 0 Å². The smallest absolute Gasteiger partial charge is 0.207 e. The van der Waals surface area contributed by atoms with Gasteiger partial charge in [-0.3, -0.25) is 0 Å². The summed E-state index contributed by atoms with van der Waals surface area (Å²) in [5.41, 5.74) is 0.823. The Hall–Kier alpha value is -1.38. The largest absolute Gasteiger partial charge is 0.241 e. The van der Waals surface area contributed by atoms with Crippen molar-refractivity contribution in [3.05, 3.63) is 29.3 Å². The van der Waals surface area contributed by atoms with E-state index < -0.39 is 15.6 Å². The number of sulfonamides is 1. The molecule has 1 N–H and O–H groups in total. The highest BCUT2D eigenvalue weighted by Gasteiger charge is 2.25. The molecule has 0 amide bonds. The van der Waals surface area contributed by atoms with Gasteiger partial charge in [-0.1, -0.05) is 6.07 Å². The van der Waals surface area contributed by atoms with E-state index in [1.165, 1.54) is 19.9 Å². The molecular weight excluding hydrogens is 236 g/mol. The predicted octanol–water partition coefficient (Wildman–Crippen LogP) is 1.88. The van der Waals surface area contributed by atoms with Gasteiger partial charge < -0.3 is 0 Å². The van der Waals surface area contributed by atoms with Gasteiger partial charge in [0.2, 0.25) is 10.0 Å². The molecule has 0 saturated heterocycles. The van der Waals surface area contributed by atoms with Crippen LogP contribution in [0.15, 0.2) is 23.1 Å². The molecule has 0 fully saturated rings. The summed E-state index contributed by atoms with van der Waals surface area (Å²) in [6.45, 7) is 6.80. The van der Waals surface area contributed by atoms with Crippen molar-refractivity contribution in [2.75, 3.05) is 0 Å². The molecule has 0 radical (unpaired) electrons. The monoisotopic (exact) mass is 252 g/mol. The lowest BCUT2D eigenvalue weighted by Gasteiger charge is -2.17. The van der Waals surface area contributed by atoms with Gasteiger partial charge in [0.05, 0.1) is 11.0 Å². The second kappa shape index (κ2) is 4.47. The Morgan fingerprint density at radius 3 is 2.29 bits per heavy atom. The van der Waals surface area contributed by atoms with Crippen LogP contribution in [-0.2, 0) is 10.0 Å². The Labute approximate surface area is 102 Å². The Morgan fingerprint density at radius 2 is 1.82 bits per heavy atom. The molecule has 92 valence electrons. The third-order valence-electron chi connectivity index (χ3n) is 2.46. The number of hydrogen-bond donors (Lipinski definition) is 1. The number of benzene rings is 1. The summed E-state index contributed by atoms with van der Waals surface area (Å²) in [4.78, 5) is 0.184. The minimum atomic E-state index is -3.64. The van der Waals surface area contributed by atoms with E-state index in [-0.39, 0.29) is 4.90 Å². The predicted molar refractivity (Wildman–Crippen MR) is 65.9 cm³/mol. The molecular formula is C12H16N2O2S. The van der Waals surface area contributed by atoms with Gasteiger partial charge in [-0.05, 0) is 51.0 Å². The third kappa shape index (κ3) is 3.29. The van der Waals surface area contributed by atoms with Crippen molar-refractivity contribution in [1.82, 2.24) is 4.72 Å². The van der Waals surface area contributed by atoms with Crippen LogP contribution in [0.3, 0.4) is 0 Å². The van der Waals surface area contributed by atoms with Crippen LogP contribution in [0.4, 0.5) is 0 Å². The van der Waals surface area contributed by atoms with Crippen LogP contribution >= 0.6 is 0 Å². The first-order chi connectivity index (χ1) is 7.68. The maximum Gasteiger partial charge on any atom is 0.241 e. The summed E-state index contributed by atoms with van der Waals surface area (Å²) in [7, 11) is -3.64. The highest BCUT2D eigenvalue weighted by atomic mass is 32.2. The number of rotatable bonds is 3. The Kier molecular flexibility index (Phi) is 3.60. The van der Waals surface area contributed by atoms with E-state index in [0.29, 0.717) is 0 Å². The lowest BCUT2D eigenvalue weighted by atomic mass is 10.1. The minimum absolute atomic E-state index is 0.184. The van der Waals surface area contributed by atoms with Crippen molar-refractivity contribution < 1.29 is 8.42 Å². The van der Waals surface area contributed by atoms with Crippen LogP contribution in [0.25, 0.3) is 0 Å². The summed E-state index contributed by atoms with van der Waals surface area (Å²) in [5.74, 6) is 0. The van der Waals surface area contributed by atoms with Crippen molar-refractivity contribution in [3.8, 4) is 6.07 Å². The molecule has 1 rings (SSSR count). The van der Waals surface area contributed by atoms with E-state index in [1.807, 2.05) is 19.9 Å². The van der Waals surface area contributed by atoms with Gasteiger partial charge in [0.15, 0.2) is 0 Å². The summed E-state index contributed by atoms with van der Waals surface area (Å²) in [6, 6.07) is 6.80. The summed E-state index contributed by atoms with van der Waals surface area (Å²) in [5, 5.41) is 8.83. The van der Waals surface area contributed by atoms with Crippen LogP contribution in [0, 0.1) is 25.2 Å². The van der Waals surface area contributed by atoms with Crippen LogP contribution < -0.4 is 4.72 Å². The van der Waals surface area contributed by atoms with Crippen LogP contribution in [0.2, 0.25) is 0 Å². The van der Waals surface area contributed by atoms with Crippen molar-refractivity contribution >= 4 is 10.0 Å². The van der Waals surface area contributed by atoms with Crippen LogP contribution in [-0.4, -0.2) is 14.0 Å². The molecule has 0 unspecified atom stereocenters. The van der Waals surface area contributed by atoms with Crippen LogP contribution in [0.1, 0.15) is 25.0 Å². The van der Waals surface area contributed by atoms with E-state index >= 15 is 0 Å². The van der Waals surface area contributed by atoms with Gasteiger partial charge in [-0.2, -0.15) is 9.98 Å². The molecule has 0 aliphatic rings. The van der Waals surface area contributed by atoms with E-state index in [2.05, 4.69) is 4.72 Å². The number of nitrogens with one attached hydrogen (secondary N) is 1. The first-order valence-electron chi connectivity index (χ1n) is 5.20. The van der Waals surface area contributed by atoms with Crippen LogP contribution in [0.5, 0.6) is 0 Å². The molecule has 1 aromatic carbocycles. The molecule has 4 nitrogen and oxygen atoms in total. The van der Waals surface area contributed by atoms with Crippen molar-refractivity contribution in [3.63, 3.8) is 0 Å².